The zero-order valence-electron chi connectivity index (χ0n) is 11.7. The van der Waals surface area contributed by atoms with Crippen LogP contribution in [0.2, 0.25) is 0 Å². The van der Waals surface area contributed by atoms with Crippen molar-refractivity contribution in [3.05, 3.63) is 54.5 Å². The van der Waals surface area contributed by atoms with Crippen LogP contribution < -0.4 is 4.74 Å². The van der Waals surface area contributed by atoms with Crippen molar-refractivity contribution in [2.45, 2.75) is 0 Å². The summed E-state index contributed by atoms with van der Waals surface area (Å²) in [6.45, 7) is 0. The third-order valence-corrected chi connectivity index (χ3v) is 3.03. The van der Waals surface area contributed by atoms with Crippen LogP contribution in [0.3, 0.4) is 0 Å². The molecule has 0 unspecified atom stereocenters. The molecule has 3 rings (SSSR count). The molecule has 0 bridgehead atoms. The van der Waals surface area contributed by atoms with Crippen LogP contribution in [0.5, 0.6) is 5.75 Å². The van der Waals surface area contributed by atoms with Crippen LogP contribution in [0.1, 0.15) is 10.5 Å². The van der Waals surface area contributed by atoms with E-state index in [1.807, 2.05) is 6.07 Å². The molecule has 110 valence electrons. The molecule has 7 heteroatoms. The van der Waals surface area contributed by atoms with Crippen molar-refractivity contribution in [1.29, 1.82) is 0 Å². The highest BCUT2D eigenvalue weighted by Crippen LogP contribution is 2.22. The number of aromatic nitrogens is 4. The Hall–Kier alpha value is -3.22. The second-order valence-electron chi connectivity index (χ2n) is 4.40. The van der Waals surface area contributed by atoms with Crippen molar-refractivity contribution in [2.24, 2.45) is 0 Å². The minimum Gasteiger partial charge on any atom is -0.495 e. The van der Waals surface area contributed by atoms with E-state index in [2.05, 4.69) is 15.1 Å². The van der Waals surface area contributed by atoms with Gasteiger partial charge in [0.05, 0.1) is 24.7 Å². The molecule has 22 heavy (non-hydrogen) atoms. The van der Waals surface area contributed by atoms with Gasteiger partial charge in [-0.3, -0.25) is 4.98 Å². The molecule has 0 aliphatic heterocycles. The second kappa shape index (κ2) is 5.65. The van der Waals surface area contributed by atoms with Gasteiger partial charge in [-0.15, -0.1) is 0 Å². The smallest absolute Gasteiger partial charge is 0.356 e. The summed E-state index contributed by atoms with van der Waals surface area (Å²) in [6, 6.07) is 10.3. The minimum atomic E-state index is -1.11. The predicted octanol–water partition coefficient (Wildman–Crippen LogP) is 2.04. The summed E-state index contributed by atoms with van der Waals surface area (Å²) in [7, 11) is 1.55. The highest BCUT2D eigenvalue weighted by molar-refractivity contribution is 5.87. The Kier molecular flexibility index (Phi) is 3.53. The van der Waals surface area contributed by atoms with Gasteiger partial charge >= 0.3 is 5.97 Å². The van der Waals surface area contributed by atoms with Gasteiger partial charge in [-0.2, -0.15) is 5.10 Å². The lowest BCUT2D eigenvalue weighted by Gasteiger charge is -2.06. The molecule has 0 saturated carbocycles. The van der Waals surface area contributed by atoms with E-state index < -0.39 is 5.97 Å². The van der Waals surface area contributed by atoms with Crippen LogP contribution in [0, 0.1) is 0 Å². The number of aromatic carboxylic acids is 1. The normalized spacial score (nSPS) is 10.4. The lowest BCUT2D eigenvalue weighted by Crippen LogP contribution is -2.04. The fourth-order valence-electron chi connectivity index (χ4n) is 1.98. The van der Waals surface area contributed by atoms with Crippen LogP contribution in [-0.4, -0.2) is 37.9 Å². The highest BCUT2D eigenvalue weighted by Gasteiger charge is 2.17. The van der Waals surface area contributed by atoms with Crippen molar-refractivity contribution in [1.82, 2.24) is 19.7 Å². The predicted molar refractivity (Wildman–Crippen MR) is 78.1 cm³/mol. The first-order valence-corrected chi connectivity index (χ1v) is 6.44. The zero-order chi connectivity index (χ0) is 15.5. The molecule has 7 nitrogen and oxygen atoms in total. The maximum absolute atomic E-state index is 11.2. The van der Waals surface area contributed by atoms with Gasteiger partial charge in [-0.25, -0.2) is 14.5 Å². The quantitative estimate of drug-likeness (QED) is 0.792. The molecule has 0 aliphatic rings. The Balaban J connectivity index is 2.14. The zero-order valence-corrected chi connectivity index (χ0v) is 11.7. The third-order valence-electron chi connectivity index (χ3n) is 3.03. The standard InChI is InChI=1S/C15H12N4O3/c1-22-10-5-6-14(17-9-10)19-13(8-12(18-19)15(20)21)11-4-2-3-7-16-11/h2-9H,1H3,(H,20,21). The Labute approximate surface area is 125 Å². The number of carboxylic acids is 1. The lowest BCUT2D eigenvalue weighted by atomic mass is 10.2. The second-order valence-corrected chi connectivity index (χ2v) is 4.40. The van der Waals surface area contributed by atoms with Crippen LogP contribution in [0.25, 0.3) is 17.2 Å². The Morgan fingerprint density at radius 3 is 2.68 bits per heavy atom. The first-order chi connectivity index (χ1) is 10.7. The molecule has 0 aromatic carbocycles. The number of methoxy groups -OCH3 is 1. The van der Waals surface area contributed by atoms with E-state index in [0.29, 0.717) is 23.0 Å². The molecule has 0 aliphatic carbocycles. The molecule has 3 aromatic heterocycles. The summed E-state index contributed by atoms with van der Waals surface area (Å²) < 4.78 is 6.51. The average molecular weight is 296 g/mol. The van der Waals surface area contributed by atoms with Crippen molar-refractivity contribution in [3.8, 4) is 23.0 Å². The molecule has 3 heterocycles. The summed E-state index contributed by atoms with van der Waals surface area (Å²) in [5, 5.41) is 13.2. The summed E-state index contributed by atoms with van der Waals surface area (Å²) in [5.74, 6) is -0.0212. The maximum atomic E-state index is 11.2. The van der Waals surface area contributed by atoms with E-state index in [4.69, 9.17) is 9.84 Å². The maximum Gasteiger partial charge on any atom is 0.356 e. The molecule has 0 radical (unpaired) electrons. The van der Waals surface area contributed by atoms with E-state index in [1.54, 1.807) is 43.8 Å². The lowest BCUT2D eigenvalue weighted by molar-refractivity contribution is 0.0690. The summed E-state index contributed by atoms with van der Waals surface area (Å²) in [5.41, 5.74) is 1.09. The first kappa shape index (κ1) is 13.7. The molecule has 3 aromatic rings. The van der Waals surface area contributed by atoms with Gasteiger partial charge in [0, 0.05) is 12.3 Å². The number of ether oxygens (including phenoxy) is 1. The number of hydrogen-bond acceptors (Lipinski definition) is 5. The summed E-state index contributed by atoms with van der Waals surface area (Å²) in [4.78, 5) is 19.7. The van der Waals surface area contributed by atoms with Crippen LogP contribution in [-0.2, 0) is 0 Å². The van der Waals surface area contributed by atoms with Crippen LogP contribution in [0.15, 0.2) is 48.8 Å². The summed E-state index contributed by atoms with van der Waals surface area (Å²) in [6.07, 6.45) is 3.17. The highest BCUT2D eigenvalue weighted by atomic mass is 16.5. The van der Waals surface area contributed by atoms with Gasteiger partial charge in [0.2, 0.25) is 0 Å². The average Bonchev–Trinajstić information content (AvgIpc) is 3.01. The topological polar surface area (TPSA) is 90.1 Å². The van der Waals surface area contributed by atoms with Gasteiger partial charge in [-0.1, -0.05) is 6.07 Å². The van der Waals surface area contributed by atoms with Gasteiger partial charge in [-0.05, 0) is 24.3 Å². The Morgan fingerprint density at radius 1 is 1.23 bits per heavy atom. The van der Waals surface area contributed by atoms with E-state index in [9.17, 15) is 4.79 Å². The van der Waals surface area contributed by atoms with Crippen molar-refractivity contribution in [3.63, 3.8) is 0 Å². The van der Waals surface area contributed by atoms with Gasteiger partial charge in [0.25, 0.3) is 0 Å². The largest absolute Gasteiger partial charge is 0.495 e. The van der Waals surface area contributed by atoms with E-state index >= 15 is 0 Å². The molecular formula is C15H12N4O3. The van der Waals surface area contributed by atoms with Crippen molar-refractivity contribution >= 4 is 5.97 Å². The fraction of sp³-hybridized carbons (Fsp3) is 0.0667. The number of nitrogens with zero attached hydrogens (tertiary/aromatic N) is 4. The molecule has 0 spiro atoms. The minimum absolute atomic E-state index is 0.0710. The van der Waals surface area contributed by atoms with Crippen LogP contribution >= 0.6 is 0 Å². The number of pyridine rings is 2. The number of carboxylic acid groups (broad SMARTS) is 1. The van der Waals surface area contributed by atoms with Crippen LogP contribution in [0.4, 0.5) is 0 Å². The fourth-order valence-corrected chi connectivity index (χ4v) is 1.98. The summed E-state index contributed by atoms with van der Waals surface area (Å²) >= 11 is 0. The molecule has 0 atom stereocenters. The number of rotatable bonds is 4. The van der Waals surface area contributed by atoms with E-state index in [1.165, 1.54) is 10.7 Å². The van der Waals surface area contributed by atoms with E-state index in [0.717, 1.165) is 0 Å². The molecule has 1 N–H and O–H groups in total. The van der Waals surface area contributed by atoms with Crippen molar-refractivity contribution < 1.29 is 14.6 Å². The first-order valence-electron chi connectivity index (χ1n) is 6.44. The molecular weight excluding hydrogens is 284 g/mol. The van der Waals surface area contributed by atoms with Gasteiger partial charge in [0.15, 0.2) is 11.5 Å². The molecule has 0 amide bonds. The van der Waals surface area contributed by atoms with E-state index in [-0.39, 0.29) is 5.69 Å². The number of carbonyl (C=O) groups is 1. The Bertz CT molecular complexity index is 797. The van der Waals surface area contributed by atoms with Gasteiger partial charge in [0.1, 0.15) is 5.75 Å². The monoisotopic (exact) mass is 296 g/mol. The number of hydrogen-bond donors (Lipinski definition) is 1. The third kappa shape index (κ3) is 2.51. The molecule has 0 saturated heterocycles. The van der Waals surface area contributed by atoms with Gasteiger partial charge < -0.3 is 9.84 Å². The SMILES string of the molecule is COc1ccc(-n2nc(C(=O)O)cc2-c2ccccn2)nc1. The Morgan fingerprint density at radius 2 is 2.09 bits per heavy atom. The van der Waals surface area contributed by atoms with Crippen molar-refractivity contribution in [2.75, 3.05) is 7.11 Å². The molecule has 0 fully saturated rings.